The first-order valence-electron chi connectivity index (χ1n) is 1.87. The van der Waals surface area contributed by atoms with E-state index in [-0.39, 0.29) is 0 Å². The summed E-state index contributed by atoms with van der Waals surface area (Å²) >= 11 is 3.24. The number of hydrogen-bond acceptors (Lipinski definition) is 2. The molecule has 0 aliphatic heterocycles. The van der Waals surface area contributed by atoms with Crippen molar-refractivity contribution in [3.8, 4) is 0 Å². The predicted octanol–water partition coefficient (Wildman–Crippen LogP) is 1.57. The van der Waals surface area contributed by atoms with Crippen LogP contribution in [-0.4, -0.2) is 5.16 Å². The second kappa shape index (κ2) is 2.12. The Morgan fingerprint density at radius 3 is 3.00 bits per heavy atom. The highest BCUT2D eigenvalue weighted by atomic mass is 79.9. The first kappa shape index (κ1) is 4.84. The van der Waals surface area contributed by atoms with E-state index in [0.717, 1.165) is 10.9 Å². The van der Waals surface area contributed by atoms with Gasteiger partial charge < -0.3 is 4.52 Å². The van der Waals surface area contributed by atoms with Crippen LogP contribution in [0.15, 0.2) is 17.0 Å². The number of alkyl halides is 1. The lowest BCUT2D eigenvalue weighted by Gasteiger charge is -1.72. The minimum absolute atomic E-state index is 0.816. The Balaban J connectivity index is 2.76. The van der Waals surface area contributed by atoms with Crippen molar-refractivity contribution in [1.29, 1.82) is 0 Å². The average Bonchev–Trinajstić information content (AvgIpc) is 2.14. The Labute approximate surface area is 49.6 Å². The largest absolute Gasteiger partial charge is 0.364 e. The maximum Gasteiger partial charge on any atom is 0.127 e. The van der Waals surface area contributed by atoms with Gasteiger partial charge in [-0.25, -0.2) is 0 Å². The molecule has 2 nitrogen and oxygen atoms in total. The van der Waals surface area contributed by atoms with Gasteiger partial charge in [-0.2, -0.15) is 0 Å². The van der Waals surface area contributed by atoms with Gasteiger partial charge in [-0.15, -0.1) is 0 Å². The lowest BCUT2D eigenvalue weighted by molar-refractivity contribution is 0.419. The maximum absolute atomic E-state index is 4.53. The number of hydrogen-bond donors (Lipinski definition) is 0. The van der Waals surface area contributed by atoms with Crippen molar-refractivity contribution in [2.24, 2.45) is 0 Å². The molecule has 0 amide bonds. The minimum Gasteiger partial charge on any atom is -0.364 e. The number of aromatic nitrogens is 1. The zero-order valence-corrected chi connectivity index (χ0v) is 5.18. The highest BCUT2D eigenvalue weighted by Crippen LogP contribution is 2.00. The average molecular weight is 162 g/mol. The number of rotatable bonds is 1. The van der Waals surface area contributed by atoms with Crippen LogP contribution in [0.4, 0.5) is 0 Å². The summed E-state index contributed by atoms with van der Waals surface area (Å²) in [6, 6.07) is 0. The summed E-state index contributed by atoms with van der Waals surface area (Å²) in [7, 11) is 0. The number of nitrogens with zero attached hydrogens (tertiary/aromatic N) is 1. The van der Waals surface area contributed by atoms with E-state index in [1.807, 2.05) is 0 Å². The van der Waals surface area contributed by atoms with Gasteiger partial charge in [0.1, 0.15) is 6.26 Å². The standard InChI is InChI=1S/C4H4BrNO/c5-1-4-2-6-7-3-4/h2-3H,1H2. The highest BCUT2D eigenvalue weighted by Gasteiger charge is 1.87. The molecule has 0 saturated carbocycles. The van der Waals surface area contributed by atoms with E-state index in [2.05, 4.69) is 25.6 Å². The van der Waals surface area contributed by atoms with Crippen molar-refractivity contribution in [3.05, 3.63) is 18.0 Å². The summed E-state index contributed by atoms with van der Waals surface area (Å²) < 4.78 is 4.53. The predicted molar refractivity (Wildman–Crippen MR) is 29.1 cm³/mol. The summed E-state index contributed by atoms with van der Waals surface area (Å²) in [4.78, 5) is 0. The Morgan fingerprint density at radius 2 is 2.71 bits per heavy atom. The van der Waals surface area contributed by atoms with Gasteiger partial charge in [0.25, 0.3) is 0 Å². The molecule has 3 heteroatoms. The van der Waals surface area contributed by atoms with Crippen LogP contribution in [0.3, 0.4) is 0 Å². The molecule has 38 valence electrons. The van der Waals surface area contributed by atoms with Crippen molar-refractivity contribution in [2.45, 2.75) is 5.33 Å². The molecule has 0 fully saturated rings. The topological polar surface area (TPSA) is 26.0 Å². The summed E-state index contributed by atoms with van der Waals surface area (Å²) in [5.74, 6) is 0. The molecule has 0 N–H and O–H groups in total. The molecule has 1 aromatic heterocycles. The van der Waals surface area contributed by atoms with E-state index in [4.69, 9.17) is 0 Å². The molecule has 0 spiro atoms. The molecule has 0 atom stereocenters. The van der Waals surface area contributed by atoms with Crippen LogP contribution >= 0.6 is 15.9 Å². The zero-order valence-electron chi connectivity index (χ0n) is 3.60. The van der Waals surface area contributed by atoms with E-state index in [0.29, 0.717) is 0 Å². The van der Waals surface area contributed by atoms with E-state index >= 15 is 0 Å². The third-order valence-corrected chi connectivity index (χ3v) is 1.29. The normalized spacial score (nSPS) is 9.29. The van der Waals surface area contributed by atoms with Crippen LogP contribution in [0.1, 0.15) is 5.56 Å². The van der Waals surface area contributed by atoms with Gasteiger partial charge in [0.2, 0.25) is 0 Å². The maximum atomic E-state index is 4.53. The lowest BCUT2D eigenvalue weighted by atomic mass is 10.4. The van der Waals surface area contributed by atoms with E-state index in [9.17, 15) is 0 Å². The molecule has 0 bridgehead atoms. The molecule has 0 aliphatic carbocycles. The third kappa shape index (κ3) is 1.03. The molecule has 1 heterocycles. The molecule has 7 heavy (non-hydrogen) atoms. The first-order valence-corrected chi connectivity index (χ1v) is 3.00. The molecule has 0 radical (unpaired) electrons. The SMILES string of the molecule is BrCc1cnoc1. The van der Waals surface area contributed by atoms with E-state index < -0.39 is 0 Å². The lowest BCUT2D eigenvalue weighted by Crippen LogP contribution is -1.62. The molecule has 0 aromatic carbocycles. The fraction of sp³-hybridized carbons (Fsp3) is 0.250. The fourth-order valence-corrected chi connectivity index (χ4v) is 0.570. The molecule has 1 aromatic rings. The van der Waals surface area contributed by atoms with Crippen molar-refractivity contribution in [2.75, 3.05) is 0 Å². The van der Waals surface area contributed by atoms with Crippen molar-refractivity contribution in [3.63, 3.8) is 0 Å². The van der Waals surface area contributed by atoms with Gasteiger partial charge in [0, 0.05) is 10.9 Å². The smallest absolute Gasteiger partial charge is 0.127 e. The molecular formula is C4H4BrNO. The molecule has 1 rings (SSSR count). The van der Waals surface area contributed by atoms with Crippen LogP contribution in [0, 0.1) is 0 Å². The number of halogens is 1. The summed E-state index contributed by atoms with van der Waals surface area (Å²) in [5, 5.41) is 4.30. The van der Waals surface area contributed by atoms with Gasteiger partial charge in [-0.05, 0) is 0 Å². The molecular weight excluding hydrogens is 158 g/mol. The third-order valence-electron chi connectivity index (χ3n) is 0.638. The first-order chi connectivity index (χ1) is 3.43. The Kier molecular flexibility index (Phi) is 1.46. The van der Waals surface area contributed by atoms with Gasteiger partial charge >= 0.3 is 0 Å². The second-order valence-corrected chi connectivity index (χ2v) is 1.73. The Morgan fingerprint density at radius 1 is 1.86 bits per heavy atom. The monoisotopic (exact) mass is 161 g/mol. The summed E-state index contributed by atoms with van der Waals surface area (Å²) in [5.41, 5.74) is 1.07. The van der Waals surface area contributed by atoms with E-state index in [1.165, 1.54) is 0 Å². The van der Waals surface area contributed by atoms with Crippen LogP contribution in [0.5, 0.6) is 0 Å². The van der Waals surface area contributed by atoms with Crippen LogP contribution < -0.4 is 0 Å². The quantitative estimate of drug-likeness (QED) is 0.585. The Hall–Kier alpha value is -0.310. The zero-order chi connectivity index (χ0) is 5.11. The van der Waals surface area contributed by atoms with Crippen LogP contribution in [0.25, 0.3) is 0 Å². The Bertz CT molecular complexity index is 126. The van der Waals surface area contributed by atoms with E-state index in [1.54, 1.807) is 12.5 Å². The van der Waals surface area contributed by atoms with Gasteiger partial charge in [-0.3, -0.25) is 0 Å². The highest BCUT2D eigenvalue weighted by molar-refractivity contribution is 9.08. The van der Waals surface area contributed by atoms with Gasteiger partial charge in [0.05, 0.1) is 6.20 Å². The van der Waals surface area contributed by atoms with Crippen LogP contribution in [0.2, 0.25) is 0 Å². The second-order valence-electron chi connectivity index (χ2n) is 1.17. The fourth-order valence-electron chi connectivity index (χ4n) is 0.293. The van der Waals surface area contributed by atoms with Crippen molar-refractivity contribution in [1.82, 2.24) is 5.16 Å². The minimum atomic E-state index is 0.816. The van der Waals surface area contributed by atoms with Crippen LogP contribution in [-0.2, 0) is 5.33 Å². The summed E-state index contributed by atoms with van der Waals surface area (Å²) in [6.45, 7) is 0. The summed E-state index contributed by atoms with van der Waals surface area (Å²) in [6.07, 6.45) is 3.28. The molecule has 0 aliphatic rings. The molecule has 0 saturated heterocycles. The van der Waals surface area contributed by atoms with Crippen molar-refractivity contribution >= 4 is 15.9 Å². The van der Waals surface area contributed by atoms with Gasteiger partial charge in [0.15, 0.2) is 0 Å². The molecule has 0 unspecified atom stereocenters. The van der Waals surface area contributed by atoms with Gasteiger partial charge in [-0.1, -0.05) is 21.1 Å². The van der Waals surface area contributed by atoms with Crippen molar-refractivity contribution < 1.29 is 4.52 Å².